The van der Waals surface area contributed by atoms with E-state index in [2.05, 4.69) is 0 Å². The molecule has 0 unspecified atom stereocenters. The summed E-state index contributed by atoms with van der Waals surface area (Å²) in [6.45, 7) is 0. The molecule has 6 N–H and O–H groups in total. The minimum atomic E-state index is -0.700. The first-order valence-corrected chi connectivity index (χ1v) is 17.6. The monoisotopic (exact) mass is 748 g/mol. The van der Waals surface area contributed by atoms with Gasteiger partial charge in [0.2, 0.25) is 0 Å². The number of hydrogen-bond acceptors (Lipinski definition) is 8. The largest absolute Gasteiger partial charge is 0.508 e. The summed E-state index contributed by atoms with van der Waals surface area (Å²) in [6, 6.07) is 28.5. The predicted octanol–water partition coefficient (Wildman–Crippen LogP) is 9.30. The molecule has 0 aliphatic carbocycles. The van der Waals surface area contributed by atoms with Gasteiger partial charge in [-0.2, -0.15) is 0 Å². The molecule has 0 fully saturated rings. The van der Waals surface area contributed by atoms with E-state index in [4.69, 9.17) is 27.9 Å². The quantitative estimate of drug-likeness (QED) is 0.0858. The first-order chi connectivity index (χ1) is 25.4. The van der Waals surface area contributed by atoms with Crippen molar-refractivity contribution >= 4 is 29.0 Å². The van der Waals surface area contributed by atoms with Crippen LogP contribution < -0.4 is 4.74 Å². The summed E-state index contributed by atoms with van der Waals surface area (Å²) in [6.07, 6.45) is -0.469. The maximum Gasteiger partial charge on any atom is 0.174 e. The number of fused-ring (bicyclic) bond motifs is 1. The van der Waals surface area contributed by atoms with Crippen molar-refractivity contribution in [3.63, 3.8) is 0 Å². The van der Waals surface area contributed by atoms with Gasteiger partial charge in [0.1, 0.15) is 51.9 Å². The summed E-state index contributed by atoms with van der Waals surface area (Å²) in [7, 11) is 0. The van der Waals surface area contributed by atoms with Crippen LogP contribution in [0.3, 0.4) is 0 Å². The fourth-order valence-corrected chi connectivity index (χ4v) is 7.22. The molecule has 53 heavy (non-hydrogen) atoms. The van der Waals surface area contributed by atoms with Crippen LogP contribution in [0.2, 0.25) is 10.0 Å². The van der Waals surface area contributed by atoms with Gasteiger partial charge in [-0.25, -0.2) is 0 Å². The van der Waals surface area contributed by atoms with E-state index in [0.717, 1.165) is 11.1 Å². The van der Waals surface area contributed by atoms with Crippen molar-refractivity contribution in [1.82, 2.24) is 0 Å². The molecule has 0 aromatic heterocycles. The van der Waals surface area contributed by atoms with Crippen molar-refractivity contribution in [3.8, 4) is 40.2 Å². The van der Waals surface area contributed by atoms with Gasteiger partial charge >= 0.3 is 0 Å². The number of Topliss-reactive ketones (excluding diaryl/α,β-unsaturated/α-hetero) is 1. The number of aromatic hydroxyl groups is 6. The van der Waals surface area contributed by atoms with E-state index in [0.29, 0.717) is 37.9 Å². The topological polar surface area (TPSA) is 148 Å². The van der Waals surface area contributed by atoms with Crippen molar-refractivity contribution < 1.29 is 40.2 Å². The van der Waals surface area contributed by atoms with E-state index in [1.165, 1.54) is 24.3 Å². The van der Waals surface area contributed by atoms with E-state index in [-0.39, 0.29) is 83.3 Å². The predicted molar refractivity (Wildman–Crippen MR) is 202 cm³/mol. The molecule has 0 amide bonds. The molecule has 1 aliphatic rings. The number of halogens is 2. The maximum atomic E-state index is 13.9. The fourth-order valence-electron chi connectivity index (χ4n) is 6.83. The van der Waals surface area contributed by atoms with Gasteiger partial charge in [0.05, 0.1) is 6.42 Å². The summed E-state index contributed by atoms with van der Waals surface area (Å²) < 4.78 is 6.43. The number of benzene rings is 6. The van der Waals surface area contributed by atoms with Crippen molar-refractivity contribution in [3.05, 3.63) is 169 Å². The normalized spacial score (nSPS) is 13.8. The van der Waals surface area contributed by atoms with Crippen LogP contribution in [-0.2, 0) is 25.7 Å². The Hall–Kier alpha value is -5.83. The third-order valence-corrected chi connectivity index (χ3v) is 10.0. The Bertz CT molecular complexity index is 2370. The number of phenols is 6. The van der Waals surface area contributed by atoms with Crippen LogP contribution in [0.25, 0.3) is 0 Å². The van der Waals surface area contributed by atoms with E-state index < -0.39 is 17.6 Å². The van der Waals surface area contributed by atoms with Crippen LogP contribution in [0, 0.1) is 0 Å². The molecular formula is C43H34Cl2O8. The number of phenolic OH excluding ortho intramolecular Hbond substituents is 6. The maximum absolute atomic E-state index is 13.9. The van der Waals surface area contributed by atoms with Crippen LogP contribution in [0.15, 0.2) is 103 Å². The van der Waals surface area contributed by atoms with Crippen LogP contribution in [0.4, 0.5) is 0 Å². The molecule has 0 spiro atoms. The number of carbonyl (C=O) groups excluding carboxylic acids is 1. The smallest absolute Gasteiger partial charge is 0.174 e. The van der Waals surface area contributed by atoms with Gasteiger partial charge < -0.3 is 35.4 Å². The summed E-state index contributed by atoms with van der Waals surface area (Å²) >= 11 is 12.3. The highest BCUT2D eigenvalue weighted by Crippen LogP contribution is 2.50. The van der Waals surface area contributed by atoms with Gasteiger partial charge in [-0.05, 0) is 87.5 Å². The van der Waals surface area contributed by atoms with Crippen LogP contribution >= 0.6 is 23.2 Å². The zero-order chi connectivity index (χ0) is 37.4. The Balaban J connectivity index is 1.31. The second-order valence-corrected chi connectivity index (χ2v) is 14.1. The third kappa shape index (κ3) is 7.42. The molecule has 0 radical (unpaired) electrons. The summed E-state index contributed by atoms with van der Waals surface area (Å²) in [4.78, 5) is 13.9. The second-order valence-electron chi connectivity index (χ2n) is 13.2. The lowest BCUT2D eigenvalue weighted by atomic mass is 9.86. The molecule has 1 atom stereocenters. The Kier molecular flexibility index (Phi) is 9.84. The fraction of sp³-hybridized carbons (Fsp3) is 0.140. The SMILES string of the molecule is O=C1C[C@@H](c2ccccc2)Oc2c(Cc3cc(Cc4cc(Cl)ccc4O)ccc3O)c(O)c(Cc3cc(Cc4cc(Cl)ccc4O)ccc3O)c(O)c21. The summed E-state index contributed by atoms with van der Waals surface area (Å²) in [5.41, 5.74) is 4.12. The summed E-state index contributed by atoms with van der Waals surface area (Å²) in [5, 5.41) is 67.4. The molecule has 0 saturated carbocycles. The standard InChI is InChI=1S/C43H34Cl2O8/c44-30-8-12-36(48)26(18-30)14-23-6-10-34(46)28(16-23)20-32-41(51)33(43-40(42(32)52)38(50)22-39(53-43)25-4-2-1-3-5-25)21-29-17-24(7-11-35(29)47)15-27-19-31(45)9-13-37(27)49/h1-13,16-19,39,46-49,51-52H,14-15,20-22H2/t39-/m0/s1. The lowest BCUT2D eigenvalue weighted by molar-refractivity contribution is 0.0842. The lowest BCUT2D eigenvalue weighted by Crippen LogP contribution is -2.22. The molecule has 8 nitrogen and oxygen atoms in total. The van der Waals surface area contributed by atoms with E-state index in [1.807, 2.05) is 30.3 Å². The Morgan fingerprint density at radius 2 is 1.02 bits per heavy atom. The highest BCUT2D eigenvalue weighted by molar-refractivity contribution is 6.31. The molecule has 7 rings (SSSR count). The third-order valence-electron chi connectivity index (χ3n) is 9.57. The zero-order valence-electron chi connectivity index (χ0n) is 28.2. The van der Waals surface area contributed by atoms with Crippen LogP contribution in [0.5, 0.6) is 40.2 Å². The van der Waals surface area contributed by atoms with Gasteiger partial charge in [-0.15, -0.1) is 0 Å². The highest BCUT2D eigenvalue weighted by Gasteiger charge is 2.36. The molecule has 10 heteroatoms. The zero-order valence-corrected chi connectivity index (χ0v) is 29.7. The van der Waals surface area contributed by atoms with Crippen molar-refractivity contribution in [2.45, 2.75) is 38.2 Å². The Morgan fingerprint density at radius 3 is 1.55 bits per heavy atom. The van der Waals surface area contributed by atoms with Gasteiger partial charge in [0, 0.05) is 46.9 Å². The highest BCUT2D eigenvalue weighted by atomic mass is 35.5. The summed E-state index contributed by atoms with van der Waals surface area (Å²) in [5.74, 6) is -1.30. The number of ketones is 1. The second kappa shape index (κ2) is 14.7. The average molecular weight is 750 g/mol. The van der Waals surface area contributed by atoms with E-state index in [1.54, 1.807) is 48.5 Å². The van der Waals surface area contributed by atoms with Crippen molar-refractivity contribution in [2.75, 3.05) is 0 Å². The Labute approximate surface area is 315 Å². The molecule has 268 valence electrons. The first kappa shape index (κ1) is 35.6. The van der Waals surface area contributed by atoms with Gasteiger partial charge in [-0.1, -0.05) is 77.8 Å². The molecule has 0 bridgehead atoms. The van der Waals surface area contributed by atoms with Crippen LogP contribution in [-0.4, -0.2) is 36.4 Å². The Morgan fingerprint density at radius 1 is 0.547 bits per heavy atom. The number of rotatable bonds is 9. The first-order valence-electron chi connectivity index (χ1n) is 16.9. The lowest BCUT2D eigenvalue weighted by Gasteiger charge is -2.30. The molecular weight excluding hydrogens is 715 g/mol. The molecule has 6 aromatic rings. The van der Waals surface area contributed by atoms with Crippen molar-refractivity contribution in [1.29, 1.82) is 0 Å². The van der Waals surface area contributed by atoms with E-state index in [9.17, 15) is 35.4 Å². The van der Waals surface area contributed by atoms with E-state index >= 15 is 0 Å². The van der Waals surface area contributed by atoms with Gasteiger partial charge in [-0.3, -0.25) is 4.79 Å². The minimum Gasteiger partial charge on any atom is -0.508 e. The number of ether oxygens (including phenoxy) is 1. The van der Waals surface area contributed by atoms with Crippen molar-refractivity contribution in [2.24, 2.45) is 0 Å². The molecule has 1 heterocycles. The average Bonchev–Trinajstić information content (AvgIpc) is 3.14. The minimum absolute atomic E-state index is 0.000505. The molecule has 0 saturated heterocycles. The van der Waals surface area contributed by atoms with Gasteiger partial charge in [0.25, 0.3) is 0 Å². The number of hydrogen-bond donors (Lipinski definition) is 6. The van der Waals surface area contributed by atoms with Gasteiger partial charge in [0.15, 0.2) is 5.78 Å². The molecule has 1 aliphatic heterocycles. The molecule has 6 aromatic carbocycles. The number of carbonyl (C=O) groups is 1. The van der Waals surface area contributed by atoms with Crippen LogP contribution in [0.1, 0.15) is 73.0 Å².